The minimum absolute atomic E-state index is 0.151. The lowest BCUT2D eigenvalue weighted by molar-refractivity contribution is 0.403. The van der Waals surface area contributed by atoms with Crippen molar-refractivity contribution in [2.24, 2.45) is 21.0 Å². The summed E-state index contributed by atoms with van der Waals surface area (Å²) >= 11 is 0. The van der Waals surface area contributed by atoms with Gasteiger partial charge in [0.1, 0.15) is 0 Å². The van der Waals surface area contributed by atoms with Crippen LogP contribution in [-0.2, 0) is 0 Å². The lowest BCUT2D eigenvalue weighted by Crippen LogP contribution is -2.26. The molecular formula is C15H15N5O4. The number of benzene rings is 2. The van der Waals surface area contributed by atoms with Crippen LogP contribution in [0.25, 0.3) is 0 Å². The number of phenolic OH excluding ortho intramolecular Hbond substituents is 4. The third-order valence-electron chi connectivity index (χ3n) is 2.84. The average molecular weight is 329 g/mol. The molecule has 0 spiro atoms. The Morgan fingerprint density at radius 2 is 1.42 bits per heavy atom. The van der Waals surface area contributed by atoms with E-state index in [9.17, 15) is 20.4 Å². The van der Waals surface area contributed by atoms with Crippen LogP contribution in [0.3, 0.4) is 0 Å². The van der Waals surface area contributed by atoms with Gasteiger partial charge in [-0.2, -0.15) is 10.2 Å². The van der Waals surface area contributed by atoms with Gasteiger partial charge < -0.3 is 26.2 Å². The van der Waals surface area contributed by atoms with Crippen molar-refractivity contribution >= 4 is 18.4 Å². The van der Waals surface area contributed by atoms with Crippen molar-refractivity contribution in [1.29, 1.82) is 0 Å². The van der Waals surface area contributed by atoms with Crippen molar-refractivity contribution in [3.63, 3.8) is 0 Å². The van der Waals surface area contributed by atoms with Crippen molar-refractivity contribution in [1.82, 2.24) is 5.43 Å². The smallest absolute Gasteiger partial charge is 0.234 e. The van der Waals surface area contributed by atoms with Gasteiger partial charge >= 0.3 is 0 Å². The molecule has 0 aromatic heterocycles. The van der Waals surface area contributed by atoms with Crippen LogP contribution in [0.4, 0.5) is 0 Å². The summed E-state index contributed by atoms with van der Waals surface area (Å²) in [5.41, 5.74) is 8.44. The molecule has 24 heavy (non-hydrogen) atoms. The molecule has 7 N–H and O–H groups in total. The summed E-state index contributed by atoms with van der Waals surface area (Å²) in [5, 5.41) is 48.8. The van der Waals surface area contributed by atoms with Crippen LogP contribution in [0, 0.1) is 0 Å². The molecule has 0 aliphatic carbocycles. The highest BCUT2D eigenvalue weighted by molar-refractivity contribution is 5.87. The predicted molar refractivity (Wildman–Crippen MR) is 89.5 cm³/mol. The molecule has 0 atom stereocenters. The van der Waals surface area contributed by atoms with E-state index >= 15 is 0 Å². The topological polar surface area (TPSA) is 156 Å². The Bertz CT molecular complexity index is 818. The maximum absolute atomic E-state index is 9.58. The van der Waals surface area contributed by atoms with Gasteiger partial charge in [0, 0.05) is 11.1 Å². The molecule has 0 radical (unpaired) electrons. The zero-order valence-corrected chi connectivity index (χ0v) is 12.3. The van der Waals surface area contributed by atoms with Crippen LogP contribution in [0.15, 0.2) is 51.7 Å². The Balaban J connectivity index is 1.99. The molecule has 2 aromatic rings. The highest BCUT2D eigenvalue weighted by Crippen LogP contribution is 2.27. The van der Waals surface area contributed by atoms with E-state index in [1.807, 2.05) is 0 Å². The Hall–Kier alpha value is -3.75. The number of phenols is 4. The second kappa shape index (κ2) is 7.49. The Morgan fingerprint density at radius 1 is 0.875 bits per heavy atom. The molecule has 124 valence electrons. The van der Waals surface area contributed by atoms with Gasteiger partial charge in [0.05, 0.1) is 12.4 Å². The number of nitrogens with one attached hydrogen (secondary N) is 1. The van der Waals surface area contributed by atoms with Crippen LogP contribution in [0.5, 0.6) is 23.0 Å². The molecule has 0 saturated carbocycles. The first kappa shape index (κ1) is 16.6. The first-order valence-electron chi connectivity index (χ1n) is 6.66. The lowest BCUT2D eigenvalue weighted by Gasteiger charge is -2.01. The van der Waals surface area contributed by atoms with Crippen LogP contribution < -0.4 is 11.2 Å². The fourth-order valence-electron chi connectivity index (χ4n) is 1.65. The summed E-state index contributed by atoms with van der Waals surface area (Å²) < 4.78 is 0. The van der Waals surface area contributed by atoms with Gasteiger partial charge in [-0.05, 0) is 24.3 Å². The normalized spacial score (nSPS) is 12.1. The Kier molecular flexibility index (Phi) is 5.19. The monoisotopic (exact) mass is 329 g/mol. The highest BCUT2D eigenvalue weighted by atomic mass is 16.3. The van der Waals surface area contributed by atoms with E-state index in [1.165, 1.54) is 42.8 Å². The maximum atomic E-state index is 9.58. The molecule has 2 rings (SSSR count). The summed E-state index contributed by atoms with van der Waals surface area (Å²) in [6, 6.07) is 8.81. The molecule has 9 heteroatoms. The first-order valence-corrected chi connectivity index (χ1v) is 6.66. The van der Waals surface area contributed by atoms with E-state index in [4.69, 9.17) is 5.73 Å². The maximum Gasteiger partial charge on any atom is 0.234 e. The number of hydrazone groups is 1. The summed E-state index contributed by atoms with van der Waals surface area (Å²) in [5.74, 6) is -1.32. The minimum Gasteiger partial charge on any atom is -0.504 e. The zero-order valence-electron chi connectivity index (χ0n) is 12.3. The Morgan fingerprint density at radius 3 is 2.00 bits per heavy atom. The second-order valence-corrected chi connectivity index (χ2v) is 4.53. The largest absolute Gasteiger partial charge is 0.504 e. The number of rotatable bonds is 4. The highest BCUT2D eigenvalue weighted by Gasteiger charge is 2.03. The second-order valence-electron chi connectivity index (χ2n) is 4.53. The quantitative estimate of drug-likeness (QED) is 0.211. The summed E-state index contributed by atoms with van der Waals surface area (Å²) in [7, 11) is 0. The van der Waals surface area contributed by atoms with Crippen LogP contribution >= 0.6 is 0 Å². The standard InChI is InChI=1S/C15H15N5O4/c16-15(19-17-7-9-3-1-5-11(21)13(9)23)20-18-8-10-4-2-6-12(22)14(10)24/h1-8,21-24H,(H3,16,19,20). The number of hydrogen-bond acceptors (Lipinski definition) is 7. The number of nitrogens with zero attached hydrogens (tertiary/aromatic N) is 3. The number of guanidine groups is 1. The van der Waals surface area contributed by atoms with E-state index in [0.29, 0.717) is 0 Å². The van der Waals surface area contributed by atoms with Gasteiger partial charge in [0.15, 0.2) is 23.0 Å². The van der Waals surface area contributed by atoms with Crippen LogP contribution in [0.1, 0.15) is 11.1 Å². The fraction of sp³-hybridized carbons (Fsp3) is 0. The van der Waals surface area contributed by atoms with Gasteiger partial charge in [-0.25, -0.2) is 5.43 Å². The zero-order chi connectivity index (χ0) is 17.5. The van der Waals surface area contributed by atoms with E-state index in [2.05, 4.69) is 20.7 Å². The van der Waals surface area contributed by atoms with Crippen molar-refractivity contribution in [2.75, 3.05) is 0 Å². The summed E-state index contributed by atoms with van der Waals surface area (Å²) in [6.07, 6.45) is 2.44. The van der Waals surface area contributed by atoms with Crippen molar-refractivity contribution in [3.05, 3.63) is 47.5 Å². The van der Waals surface area contributed by atoms with Crippen LogP contribution in [0.2, 0.25) is 0 Å². The molecule has 0 heterocycles. The average Bonchev–Trinajstić information content (AvgIpc) is 2.55. The minimum atomic E-state index is -0.319. The van der Waals surface area contributed by atoms with Gasteiger partial charge in [-0.3, -0.25) is 0 Å². The SMILES string of the molecule is N/C(=N\N=Cc1cccc(O)c1O)NN=Cc1cccc(O)c1O. The number of aromatic hydroxyl groups is 4. The number of hydrogen-bond donors (Lipinski definition) is 6. The molecule has 0 bridgehead atoms. The lowest BCUT2D eigenvalue weighted by atomic mass is 10.2. The van der Waals surface area contributed by atoms with E-state index in [1.54, 1.807) is 6.07 Å². The fourth-order valence-corrected chi connectivity index (χ4v) is 1.65. The van der Waals surface area contributed by atoms with Gasteiger partial charge in [0.2, 0.25) is 5.96 Å². The molecule has 0 amide bonds. The summed E-state index contributed by atoms with van der Waals surface area (Å²) in [6.45, 7) is 0. The van der Waals surface area contributed by atoms with Crippen molar-refractivity contribution in [3.8, 4) is 23.0 Å². The van der Waals surface area contributed by atoms with Crippen LogP contribution in [-0.4, -0.2) is 38.8 Å². The third kappa shape index (κ3) is 4.13. The molecule has 0 saturated heterocycles. The molecule has 0 unspecified atom stereocenters. The molecule has 9 nitrogen and oxygen atoms in total. The summed E-state index contributed by atoms with van der Waals surface area (Å²) in [4.78, 5) is 0. The van der Waals surface area contributed by atoms with Gasteiger partial charge in [0.25, 0.3) is 0 Å². The van der Waals surface area contributed by atoms with Crippen molar-refractivity contribution in [2.45, 2.75) is 0 Å². The predicted octanol–water partition coefficient (Wildman–Crippen LogP) is 0.781. The van der Waals surface area contributed by atoms with E-state index in [0.717, 1.165) is 0 Å². The number of para-hydroxylation sites is 2. The third-order valence-corrected chi connectivity index (χ3v) is 2.84. The molecular weight excluding hydrogens is 314 g/mol. The Labute approximate surface area is 136 Å². The van der Waals surface area contributed by atoms with Gasteiger partial charge in [-0.1, -0.05) is 12.1 Å². The first-order chi connectivity index (χ1) is 11.5. The number of nitrogens with two attached hydrogens (primary N) is 1. The van der Waals surface area contributed by atoms with Gasteiger partial charge in [-0.15, -0.1) is 5.10 Å². The van der Waals surface area contributed by atoms with Crippen molar-refractivity contribution < 1.29 is 20.4 Å². The van der Waals surface area contributed by atoms with E-state index in [-0.39, 0.29) is 40.1 Å². The molecule has 0 aliphatic rings. The molecule has 2 aromatic carbocycles. The molecule has 0 fully saturated rings. The van der Waals surface area contributed by atoms with E-state index < -0.39 is 0 Å². The molecule has 0 aliphatic heterocycles.